The van der Waals surface area contributed by atoms with Crippen LogP contribution in [0, 0.1) is 0 Å². The van der Waals surface area contributed by atoms with Crippen molar-refractivity contribution in [2.45, 2.75) is 19.0 Å². The molecule has 7 heavy (non-hydrogen) atoms. The zero-order valence-corrected chi connectivity index (χ0v) is 4.23. The summed E-state index contributed by atoms with van der Waals surface area (Å²) in [7, 11) is 0. The fourth-order valence-electron chi connectivity index (χ4n) is 0.719. The first-order valence-corrected chi connectivity index (χ1v) is 2.67. The highest BCUT2D eigenvalue weighted by atomic mass is 19.1. The number of rotatable bonds is 0. The number of halogens is 1. The summed E-state index contributed by atoms with van der Waals surface area (Å²) < 4.78 is 19.3. The van der Waals surface area contributed by atoms with Crippen LogP contribution in [0.1, 0.15) is 12.8 Å². The van der Waals surface area contributed by atoms with E-state index >= 15 is 0 Å². The Hall–Kier alpha value is -0.110. The molecule has 1 nitrogen and oxygen atoms in total. The molecular formula is C5H10FN. The maximum atomic E-state index is 12.2. The molecule has 1 N–H and O–H groups in total. The van der Waals surface area contributed by atoms with Crippen molar-refractivity contribution in [3.05, 3.63) is 0 Å². The molecular weight excluding hydrogens is 93.1 g/mol. The van der Waals surface area contributed by atoms with Gasteiger partial charge in [-0.2, -0.15) is 0 Å². The topological polar surface area (TPSA) is 12.0 Å². The van der Waals surface area contributed by atoms with Crippen molar-refractivity contribution in [3.8, 4) is 0 Å². The highest BCUT2D eigenvalue weighted by Crippen LogP contribution is 2.04. The van der Waals surface area contributed by atoms with Crippen LogP contribution in [-0.2, 0) is 0 Å². The second-order valence-electron chi connectivity index (χ2n) is 1.85. The monoisotopic (exact) mass is 104 g/mol. The van der Waals surface area contributed by atoms with Gasteiger partial charge in [0.1, 0.15) is 7.58 Å². The number of hydrogen-bond donors (Lipinski definition) is 1. The van der Waals surface area contributed by atoms with E-state index in [1.54, 1.807) is 0 Å². The lowest BCUT2D eigenvalue weighted by molar-refractivity contribution is 0.262. The number of hydrogen-bond acceptors (Lipinski definition) is 1. The van der Waals surface area contributed by atoms with E-state index in [4.69, 9.17) is 1.41 Å². The summed E-state index contributed by atoms with van der Waals surface area (Å²) in [5, 5.41) is 1.41. The third kappa shape index (κ3) is 1.43. The lowest BCUT2D eigenvalue weighted by atomic mass is 10.1. The molecule has 1 aliphatic rings. The van der Waals surface area contributed by atoms with Crippen molar-refractivity contribution in [1.29, 1.82) is 0 Å². The summed E-state index contributed by atoms with van der Waals surface area (Å²) >= 11 is 0. The second-order valence-corrected chi connectivity index (χ2v) is 1.85. The van der Waals surface area contributed by atoms with E-state index in [2.05, 4.69) is 0 Å². The van der Waals surface area contributed by atoms with Gasteiger partial charge in [-0.15, -0.1) is 0 Å². The van der Waals surface area contributed by atoms with Gasteiger partial charge < -0.3 is 5.31 Å². The second kappa shape index (κ2) is 2.26. The van der Waals surface area contributed by atoms with E-state index in [9.17, 15) is 4.39 Å². The first kappa shape index (κ1) is 3.84. The van der Waals surface area contributed by atoms with E-state index < -0.39 is 6.17 Å². The summed E-state index contributed by atoms with van der Waals surface area (Å²) in [6.45, 7) is 1.20. The number of piperidine rings is 1. The van der Waals surface area contributed by atoms with Gasteiger partial charge in [0.2, 0.25) is 0 Å². The maximum absolute atomic E-state index is 12.2. The van der Waals surface area contributed by atoms with Crippen molar-refractivity contribution in [3.63, 3.8) is 0 Å². The van der Waals surface area contributed by atoms with Gasteiger partial charge in [-0.25, -0.2) is 4.39 Å². The molecule has 0 saturated carbocycles. The van der Waals surface area contributed by atoms with Crippen molar-refractivity contribution < 1.29 is 5.80 Å². The van der Waals surface area contributed by atoms with Crippen LogP contribution in [0.2, 0.25) is 1.41 Å². The van der Waals surface area contributed by atoms with Gasteiger partial charge in [-0.3, -0.25) is 0 Å². The molecule has 1 aliphatic heterocycles. The summed E-state index contributed by atoms with van der Waals surface area (Å²) in [6, 6.07) is 0. The molecule has 0 aromatic rings. The van der Waals surface area contributed by atoms with Crippen LogP contribution in [0.4, 0.5) is 4.39 Å². The van der Waals surface area contributed by atoms with Gasteiger partial charge in [-0.1, -0.05) is 0 Å². The molecule has 1 saturated heterocycles. The van der Waals surface area contributed by atoms with Gasteiger partial charge in [0.25, 0.3) is 0 Å². The Morgan fingerprint density at radius 1 is 1.57 bits per heavy atom. The smallest absolute Gasteiger partial charge is 0.122 e. The van der Waals surface area contributed by atoms with E-state index in [-0.39, 0.29) is 0 Å². The minimum Gasteiger partial charge on any atom is -0.317 e. The minimum atomic E-state index is -0.642. The Morgan fingerprint density at radius 2 is 2.14 bits per heavy atom. The zero-order chi connectivity index (χ0) is 5.98. The molecule has 1 rings (SSSR count). The molecule has 0 spiro atoms. The van der Waals surface area contributed by atoms with Gasteiger partial charge in [-0.05, 0) is 25.9 Å². The summed E-state index contributed by atoms with van der Waals surface area (Å²) in [4.78, 5) is 0. The lowest BCUT2D eigenvalue weighted by Crippen LogP contribution is -2.28. The normalized spacial score (nSPS) is 30.1. The van der Waals surface area contributed by atoms with Crippen LogP contribution in [0.15, 0.2) is 0 Å². The lowest BCUT2D eigenvalue weighted by Gasteiger charge is -2.14. The average molecular weight is 104 g/mol. The average Bonchev–Trinajstić information content (AvgIpc) is 1.77. The fraction of sp³-hybridized carbons (Fsp3) is 1.00. The number of alkyl halides is 1. The molecule has 2 heteroatoms. The Morgan fingerprint density at radius 3 is 2.57 bits per heavy atom. The Balaban J connectivity index is 2.19. The van der Waals surface area contributed by atoms with E-state index in [0.29, 0.717) is 25.9 Å². The SMILES string of the molecule is [2H]N1CCC(F)CC1. The van der Waals surface area contributed by atoms with Crippen LogP contribution in [0.3, 0.4) is 0 Å². The standard InChI is InChI=1S/C5H10FN/c6-5-1-3-7-4-2-5/h5,7H,1-4H2/i/hD. The van der Waals surface area contributed by atoms with E-state index in [1.165, 1.54) is 5.31 Å². The molecule has 0 aromatic heterocycles. The third-order valence-electron chi connectivity index (χ3n) is 1.20. The van der Waals surface area contributed by atoms with E-state index in [0.717, 1.165) is 0 Å². The van der Waals surface area contributed by atoms with Gasteiger partial charge >= 0.3 is 0 Å². The highest BCUT2D eigenvalue weighted by molar-refractivity contribution is 4.65. The van der Waals surface area contributed by atoms with Crippen LogP contribution in [0.25, 0.3) is 0 Å². The van der Waals surface area contributed by atoms with Crippen molar-refractivity contribution >= 4 is 0 Å². The molecule has 1 heterocycles. The van der Waals surface area contributed by atoms with Gasteiger partial charge in [0.05, 0.1) is 0 Å². The molecule has 42 valence electrons. The van der Waals surface area contributed by atoms with Crippen LogP contribution in [0.5, 0.6) is 0 Å². The summed E-state index contributed by atoms with van der Waals surface area (Å²) in [5.74, 6) is 0. The third-order valence-corrected chi connectivity index (χ3v) is 1.20. The molecule has 0 aromatic carbocycles. The van der Waals surface area contributed by atoms with Crippen LogP contribution >= 0.6 is 0 Å². The highest BCUT2D eigenvalue weighted by Gasteiger charge is 2.09. The predicted molar refractivity (Wildman–Crippen MR) is 27.0 cm³/mol. The van der Waals surface area contributed by atoms with Crippen molar-refractivity contribution in [2.75, 3.05) is 13.1 Å². The first-order chi connectivity index (χ1) is 3.79. The Bertz CT molecular complexity index is 60.8. The maximum Gasteiger partial charge on any atom is 0.122 e. The van der Waals surface area contributed by atoms with Crippen LogP contribution < -0.4 is 5.31 Å². The van der Waals surface area contributed by atoms with Crippen molar-refractivity contribution in [2.24, 2.45) is 0 Å². The van der Waals surface area contributed by atoms with Gasteiger partial charge in [0.15, 0.2) is 0 Å². The first-order valence-electron chi connectivity index (χ1n) is 3.11. The van der Waals surface area contributed by atoms with Crippen LogP contribution in [-0.4, -0.2) is 19.3 Å². The van der Waals surface area contributed by atoms with E-state index in [1.807, 2.05) is 0 Å². The Labute approximate surface area is 44.4 Å². The van der Waals surface area contributed by atoms with Gasteiger partial charge in [0, 0.05) is 0 Å². The summed E-state index contributed by atoms with van der Waals surface area (Å²) in [6.07, 6.45) is 0.448. The Kier molecular flexibility index (Phi) is 1.24. The largest absolute Gasteiger partial charge is 0.317 e. The predicted octanol–water partition coefficient (Wildman–Crippen LogP) is 0.708. The molecule has 1 fully saturated rings. The van der Waals surface area contributed by atoms with Crippen molar-refractivity contribution in [1.82, 2.24) is 5.31 Å². The fourth-order valence-corrected chi connectivity index (χ4v) is 0.719. The summed E-state index contributed by atoms with van der Waals surface area (Å²) in [5.41, 5.74) is 0. The molecule has 0 bridgehead atoms. The zero-order valence-electron chi connectivity index (χ0n) is 5.23. The molecule has 0 aliphatic carbocycles. The molecule has 0 atom stereocenters. The molecule has 0 radical (unpaired) electrons. The number of nitrogens with one attached hydrogen (secondary N) is 1. The minimum absolute atomic E-state index is 0.545. The molecule has 0 amide bonds. The quantitative estimate of drug-likeness (QED) is 0.477. The molecule has 0 unspecified atom stereocenters.